The molecule has 2 aromatic carbocycles. The van der Waals surface area contributed by atoms with Crippen molar-refractivity contribution in [3.05, 3.63) is 64.6 Å². The lowest BCUT2D eigenvalue weighted by Crippen LogP contribution is -2.45. The molecule has 1 heterocycles. The first kappa shape index (κ1) is 23.1. The Morgan fingerprint density at radius 2 is 1.77 bits per heavy atom. The Morgan fingerprint density at radius 1 is 1.03 bits per heavy atom. The number of nitrogens with one attached hydrogen (secondary N) is 2. The quantitative estimate of drug-likeness (QED) is 0.374. The summed E-state index contributed by atoms with van der Waals surface area (Å²) in [6, 6.07) is 16.7. The van der Waals surface area contributed by atoms with Crippen LogP contribution in [0.4, 0.5) is 5.13 Å². The number of carbonyl (C=O) groups excluding carboxylic acids is 2. The van der Waals surface area contributed by atoms with E-state index >= 15 is 0 Å². The predicted molar refractivity (Wildman–Crippen MR) is 128 cm³/mol. The van der Waals surface area contributed by atoms with Gasteiger partial charge in [-0.1, -0.05) is 89.5 Å². The summed E-state index contributed by atoms with van der Waals surface area (Å²) < 4.78 is 0.979. The number of amides is 2. The minimum absolute atomic E-state index is 0.114. The van der Waals surface area contributed by atoms with Gasteiger partial charge in [-0.2, -0.15) is 0 Å². The number of benzene rings is 2. The van der Waals surface area contributed by atoms with Crippen LogP contribution in [0.2, 0.25) is 0 Å². The van der Waals surface area contributed by atoms with Crippen molar-refractivity contribution < 1.29 is 9.59 Å². The SMILES string of the molecule is CCCCCC(=O)N[C@@H](Cc1ccccc1)C(=O)Nc1nnc(-c2ccc(Br)cc2)s1. The highest BCUT2D eigenvalue weighted by atomic mass is 79.9. The highest BCUT2D eigenvalue weighted by Gasteiger charge is 2.22. The first-order valence-electron chi connectivity index (χ1n) is 10.3. The number of aromatic nitrogens is 2. The minimum Gasteiger partial charge on any atom is -0.344 e. The maximum Gasteiger partial charge on any atom is 0.249 e. The van der Waals surface area contributed by atoms with Crippen molar-refractivity contribution in [2.45, 2.75) is 45.1 Å². The number of hydrogen-bond donors (Lipinski definition) is 2. The summed E-state index contributed by atoms with van der Waals surface area (Å²) in [4.78, 5) is 25.4. The Hall–Kier alpha value is -2.58. The molecule has 2 N–H and O–H groups in total. The van der Waals surface area contributed by atoms with Crippen LogP contribution in [-0.2, 0) is 16.0 Å². The third kappa shape index (κ3) is 7.25. The molecule has 0 aliphatic heterocycles. The molecule has 0 saturated heterocycles. The zero-order chi connectivity index (χ0) is 22.1. The number of nitrogens with zero attached hydrogens (tertiary/aromatic N) is 2. The van der Waals surface area contributed by atoms with Crippen molar-refractivity contribution in [3.8, 4) is 10.6 Å². The second kappa shape index (κ2) is 11.7. The smallest absolute Gasteiger partial charge is 0.249 e. The second-order valence-corrected chi connectivity index (χ2v) is 9.07. The average molecular weight is 501 g/mol. The second-order valence-electron chi connectivity index (χ2n) is 7.18. The van der Waals surface area contributed by atoms with Gasteiger partial charge in [0.15, 0.2) is 0 Å². The van der Waals surface area contributed by atoms with E-state index in [1.165, 1.54) is 11.3 Å². The van der Waals surface area contributed by atoms with Crippen molar-refractivity contribution in [3.63, 3.8) is 0 Å². The number of halogens is 1. The van der Waals surface area contributed by atoms with E-state index in [0.29, 0.717) is 23.0 Å². The van der Waals surface area contributed by atoms with Crippen molar-refractivity contribution in [2.75, 3.05) is 5.32 Å². The molecule has 6 nitrogen and oxygen atoms in total. The molecule has 0 unspecified atom stereocenters. The van der Waals surface area contributed by atoms with E-state index in [0.717, 1.165) is 34.9 Å². The van der Waals surface area contributed by atoms with Crippen LogP contribution in [0, 0.1) is 0 Å². The topological polar surface area (TPSA) is 84.0 Å². The van der Waals surface area contributed by atoms with Gasteiger partial charge in [0.05, 0.1) is 0 Å². The Balaban J connectivity index is 1.68. The third-order valence-corrected chi connectivity index (χ3v) is 6.10. The molecular weight excluding hydrogens is 476 g/mol. The molecule has 0 fully saturated rings. The van der Waals surface area contributed by atoms with Crippen LogP contribution >= 0.6 is 27.3 Å². The lowest BCUT2D eigenvalue weighted by molar-refractivity contribution is -0.126. The third-order valence-electron chi connectivity index (χ3n) is 4.69. The molecule has 31 heavy (non-hydrogen) atoms. The summed E-state index contributed by atoms with van der Waals surface area (Å²) in [6.45, 7) is 2.09. The minimum atomic E-state index is -0.684. The van der Waals surface area contributed by atoms with Crippen molar-refractivity contribution in [1.29, 1.82) is 0 Å². The maximum absolute atomic E-state index is 13.0. The van der Waals surface area contributed by atoms with Gasteiger partial charge in [0.1, 0.15) is 11.0 Å². The van der Waals surface area contributed by atoms with Crippen LogP contribution in [-0.4, -0.2) is 28.1 Å². The molecule has 1 atom stereocenters. The van der Waals surface area contributed by atoms with Gasteiger partial charge >= 0.3 is 0 Å². The Labute approximate surface area is 194 Å². The van der Waals surface area contributed by atoms with E-state index < -0.39 is 6.04 Å². The van der Waals surface area contributed by atoms with Crippen LogP contribution in [0.5, 0.6) is 0 Å². The fourth-order valence-electron chi connectivity index (χ4n) is 3.04. The molecule has 8 heteroatoms. The van der Waals surface area contributed by atoms with E-state index in [2.05, 4.69) is 43.7 Å². The predicted octanol–water partition coefficient (Wildman–Crippen LogP) is 5.21. The van der Waals surface area contributed by atoms with Gasteiger partial charge in [0.25, 0.3) is 0 Å². The van der Waals surface area contributed by atoms with Crippen molar-refractivity contribution in [2.24, 2.45) is 0 Å². The first-order chi connectivity index (χ1) is 15.0. The molecule has 0 radical (unpaired) electrons. The fourth-order valence-corrected chi connectivity index (χ4v) is 4.05. The van der Waals surface area contributed by atoms with Gasteiger partial charge < -0.3 is 5.32 Å². The standard InChI is InChI=1S/C23H25BrN4O2S/c1-2-3-5-10-20(29)25-19(15-16-8-6-4-7-9-16)21(30)26-23-28-27-22(31-23)17-11-13-18(24)14-12-17/h4,6-9,11-14,19H,2-3,5,10,15H2,1H3,(H,25,29)(H,26,28,30)/t19-/m0/s1. The fraction of sp³-hybridized carbons (Fsp3) is 0.304. The highest BCUT2D eigenvalue weighted by Crippen LogP contribution is 2.27. The van der Waals surface area contributed by atoms with Crippen LogP contribution in [0.15, 0.2) is 59.1 Å². The van der Waals surface area contributed by atoms with Gasteiger partial charge in [-0.05, 0) is 24.1 Å². The number of hydrogen-bond acceptors (Lipinski definition) is 5. The summed E-state index contributed by atoms with van der Waals surface area (Å²) in [6.07, 6.45) is 3.67. The van der Waals surface area contributed by atoms with Crippen LogP contribution in [0.3, 0.4) is 0 Å². The largest absolute Gasteiger partial charge is 0.344 e. The summed E-state index contributed by atoms with van der Waals surface area (Å²) >= 11 is 4.71. The lowest BCUT2D eigenvalue weighted by Gasteiger charge is -2.18. The molecule has 162 valence electrons. The lowest BCUT2D eigenvalue weighted by atomic mass is 10.0. The van der Waals surface area contributed by atoms with E-state index in [1.807, 2.05) is 54.6 Å². The normalized spacial score (nSPS) is 11.7. The molecular formula is C23H25BrN4O2S. The van der Waals surface area contributed by atoms with E-state index in [-0.39, 0.29) is 11.8 Å². The van der Waals surface area contributed by atoms with E-state index in [4.69, 9.17) is 0 Å². The highest BCUT2D eigenvalue weighted by molar-refractivity contribution is 9.10. The Kier molecular flexibility index (Phi) is 8.73. The van der Waals surface area contributed by atoms with E-state index in [9.17, 15) is 9.59 Å². The van der Waals surface area contributed by atoms with E-state index in [1.54, 1.807) is 0 Å². The number of rotatable bonds is 10. The van der Waals surface area contributed by atoms with Crippen molar-refractivity contribution in [1.82, 2.24) is 15.5 Å². The molecule has 0 spiro atoms. The summed E-state index contributed by atoms with van der Waals surface area (Å²) in [5.41, 5.74) is 1.90. The molecule has 3 aromatic rings. The van der Waals surface area contributed by atoms with Gasteiger partial charge in [-0.3, -0.25) is 14.9 Å². The molecule has 0 aliphatic rings. The zero-order valence-corrected chi connectivity index (χ0v) is 19.7. The van der Waals surface area contributed by atoms with Crippen molar-refractivity contribution >= 4 is 44.2 Å². The molecule has 0 aliphatic carbocycles. The zero-order valence-electron chi connectivity index (χ0n) is 17.3. The molecule has 1 aromatic heterocycles. The first-order valence-corrected chi connectivity index (χ1v) is 11.9. The number of anilines is 1. The maximum atomic E-state index is 13.0. The van der Waals surface area contributed by atoms with Crippen LogP contribution in [0.1, 0.15) is 38.2 Å². The summed E-state index contributed by atoms with van der Waals surface area (Å²) in [5, 5.41) is 15.1. The van der Waals surface area contributed by atoms with Crippen LogP contribution < -0.4 is 10.6 Å². The molecule has 0 saturated carbocycles. The van der Waals surface area contributed by atoms with Gasteiger partial charge in [0, 0.05) is 22.9 Å². The summed E-state index contributed by atoms with van der Waals surface area (Å²) in [5.74, 6) is -0.413. The van der Waals surface area contributed by atoms with Gasteiger partial charge in [-0.15, -0.1) is 10.2 Å². The summed E-state index contributed by atoms with van der Waals surface area (Å²) in [7, 11) is 0. The average Bonchev–Trinajstić information content (AvgIpc) is 3.23. The van der Waals surface area contributed by atoms with Gasteiger partial charge in [-0.25, -0.2) is 0 Å². The monoisotopic (exact) mass is 500 g/mol. The Morgan fingerprint density at radius 3 is 2.48 bits per heavy atom. The number of carbonyl (C=O) groups is 2. The van der Waals surface area contributed by atoms with Crippen LogP contribution in [0.25, 0.3) is 10.6 Å². The molecule has 3 rings (SSSR count). The van der Waals surface area contributed by atoms with Gasteiger partial charge in [0.2, 0.25) is 16.9 Å². The molecule has 0 bridgehead atoms. The number of unbranched alkanes of at least 4 members (excludes halogenated alkanes) is 2. The molecule has 2 amide bonds. The Bertz CT molecular complexity index is 992.